The van der Waals surface area contributed by atoms with Gasteiger partial charge in [0.2, 0.25) is 0 Å². The van der Waals surface area contributed by atoms with Gasteiger partial charge in [0.05, 0.1) is 6.61 Å². The lowest BCUT2D eigenvalue weighted by atomic mass is 10.1. The normalized spacial score (nSPS) is 11.3. The average molecular weight is 355 g/mol. The zero-order valence-electron chi connectivity index (χ0n) is 16.1. The molecule has 2 N–H and O–H groups in total. The van der Waals surface area contributed by atoms with E-state index < -0.39 is 0 Å². The Bertz CT molecular complexity index is 729. The molecule has 0 atom stereocenters. The largest absolute Gasteiger partial charge is 0.491 e. The molecule has 0 saturated heterocycles. The number of aryl methyl sites for hydroxylation is 2. The van der Waals surface area contributed by atoms with Crippen LogP contribution in [-0.2, 0) is 17.8 Å². The summed E-state index contributed by atoms with van der Waals surface area (Å²) in [5.74, 6) is 1.64. The molecular weight excluding hydrogens is 326 g/mol. The molecule has 0 spiro atoms. The van der Waals surface area contributed by atoms with E-state index in [1.165, 1.54) is 16.7 Å². The van der Waals surface area contributed by atoms with Crippen LogP contribution in [0.5, 0.6) is 5.75 Å². The highest BCUT2D eigenvalue weighted by Crippen LogP contribution is 2.20. The van der Waals surface area contributed by atoms with Crippen LogP contribution in [0.15, 0.2) is 47.5 Å². The summed E-state index contributed by atoms with van der Waals surface area (Å²) in [5.41, 5.74) is 4.74. The highest BCUT2D eigenvalue weighted by Gasteiger charge is 2.06. The lowest BCUT2D eigenvalue weighted by Gasteiger charge is -2.15. The lowest BCUT2D eigenvalue weighted by molar-refractivity contribution is 0.145. The zero-order chi connectivity index (χ0) is 18.8. The summed E-state index contributed by atoms with van der Waals surface area (Å²) in [7, 11) is 3.45. The second-order valence-electron chi connectivity index (χ2n) is 6.22. The third-order valence-corrected chi connectivity index (χ3v) is 3.98. The third-order valence-electron chi connectivity index (χ3n) is 3.98. The van der Waals surface area contributed by atoms with Crippen molar-refractivity contribution in [3.63, 3.8) is 0 Å². The predicted octanol–water partition coefficient (Wildman–Crippen LogP) is 3.19. The van der Waals surface area contributed by atoms with E-state index in [9.17, 15) is 0 Å². The first-order valence-electron chi connectivity index (χ1n) is 8.83. The number of ether oxygens (including phenoxy) is 2. The summed E-state index contributed by atoms with van der Waals surface area (Å²) in [6.45, 7) is 6.62. The van der Waals surface area contributed by atoms with Crippen molar-refractivity contribution >= 4 is 5.96 Å². The maximum Gasteiger partial charge on any atom is 0.191 e. The van der Waals surface area contributed by atoms with Crippen molar-refractivity contribution in [2.75, 3.05) is 27.4 Å². The highest BCUT2D eigenvalue weighted by atomic mass is 16.5. The number of methoxy groups -OCH3 is 1. The molecule has 0 heterocycles. The maximum atomic E-state index is 5.84. The molecule has 2 aromatic rings. The fourth-order valence-electron chi connectivity index (χ4n) is 2.58. The monoisotopic (exact) mass is 355 g/mol. The molecule has 0 aliphatic carbocycles. The molecule has 0 aliphatic heterocycles. The van der Waals surface area contributed by atoms with Gasteiger partial charge in [0, 0.05) is 32.8 Å². The number of nitrogens with zero attached hydrogens (tertiary/aromatic N) is 1. The van der Waals surface area contributed by atoms with Gasteiger partial charge in [-0.25, -0.2) is 0 Å². The Morgan fingerprint density at radius 3 is 2.46 bits per heavy atom. The molecule has 0 radical (unpaired) electrons. The van der Waals surface area contributed by atoms with Crippen LogP contribution in [0.2, 0.25) is 0 Å². The van der Waals surface area contributed by atoms with E-state index in [0.717, 1.165) is 23.8 Å². The Balaban J connectivity index is 1.93. The Hall–Kier alpha value is -2.53. The van der Waals surface area contributed by atoms with Crippen molar-refractivity contribution in [2.45, 2.75) is 26.9 Å². The van der Waals surface area contributed by atoms with Gasteiger partial charge in [-0.2, -0.15) is 0 Å². The van der Waals surface area contributed by atoms with Crippen LogP contribution in [0.1, 0.15) is 22.3 Å². The van der Waals surface area contributed by atoms with Crippen LogP contribution in [0.25, 0.3) is 0 Å². The van der Waals surface area contributed by atoms with Gasteiger partial charge in [-0.1, -0.05) is 42.0 Å². The number of rotatable bonds is 8. The van der Waals surface area contributed by atoms with Crippen molar-refractivity contribution in [1.82, 2.24) is 10.6 Å². The number of aliphatic imine (C=N–C) groups is 1. The summed E-state index contributed by atoms with van der Waals surface area (Å²) >= 11 is 0. The summed E-state index contributed by atoms with van der Waals surface area (Å²) in [4.78, 5) is 4.30. The molecule has 140 valence electrons. The number of benzene rings is 2. The lowest BCUT2D eigenvalue weighted by Crippen LogP contribution is -2.36. The van der Waals surface area contributed by atoms with Crippen LogP contribution in [0.4, 0.5) is 0 Å². The van der Waals surface area contributed by atoms with Crippen molar-refractivity contribution in [3.05, 3.63) is 64.7 Å². The van der Waals surface area contributed by atoms with Gasteiger partial charge in [0.1, 0.15) is 12.4 Å². The fourth-order valence-corrected chi connectivity index (χ4v) is 2.58. The van der Waals surface area contributed by atoms with E-state index in [-0.39, 0.29) is 0 Å². The quantitative estimate of drug-likeness (QED) is 0.434. The zero-order valence-corrected chi connectivity index (χ0v) is 16.1. The third kappa shape index (κ3) is 6.41. The van der Waals surface area contributed by atoms with E-state index in [1.54, 1.807) is 14.2 Å². The summed E-state index contributed by atoms with van der Waals surface area (Å²) in [5, 5.41) is 6.69. The van der Waals surface area contributed by atoms with Crippen LogP contribution in [0.3, 0.4) is 0 Å². The predicted molar refractivity (Wildman–Crippen MR) is 107 cm³/mol. The Morgan fingerprint density at radius 2 is 1.73 bits per heavy atom. The minimum atomic E-state index is 0.535. The van der Waals surface area contributed by atoms with Crippen molar-refractivity contribution < 1.29 is 9.47 Å². The maximum absolute atomic E-state index is 5.84. The molecule has 0 saturated carbocycles. The Morgan fingerprint density at radius 1 is 0.962 bits per heavy atom. The van der Waals surface area contributed by atoms with Crippen LogP contribution < -0.4 is 15.4 Å². The van der Waals surface area contributed by atoms with Crippen LogP contribution in [0, 0.1) is 13.8 Å². The number of hydrogen-bond acceptors (Lipinski definition) is 3. The topological polar surface area (TPSA) is 54.9 Å². The van der Waals surface area contributed by atoms with Crippen LogP contribution >= 0.6 is 0 Å². The minimum absolute atomic E-state index is 0.535. The Labute approximate surface area is 156 Å². The van der Waals surface area contributed by atoms with Gasteiger partial charge in [-0.15, -0.1) is 0 Å². The molecule has 0 aliphatic rings. The van der Waals surface area contributed by atoms with Gasteiger partial charge in [0.15, 0.2) is 5.96 Å². The first-order valence-corrected chi connectivity index (χ1v) is 8.83. The summed E-state index contributed by atoms with van der Waals surface area (Å²) in [6.07, 6.45) is 0. The van der Waals surface area contributed by atoms with Gasteiger partial charge in [0.25, 0.3) is 0 Å². The second kappa shape index (κ2) is 10.5. The molecule has 0 unspecified atom stereocenters. The molecular formula is C21H29N3O2. The van der Waals surface area contributed by atoms with Gasteiger partial charge < -0.3 is 20.1 Å². The van der Waals surface area contributed by atoms with E-state index in [1.807, 2.05) is 0 Å². The SMILES string of the molecule is CN=C(NCc1cccc(C)c1)NCc1ccc(C)cc1OCCOC. The van der Waals surface area contributed by atoms with Gasteiger partial charge >= 0.3 is 0 Å². The second-order valence-corrected chi connectivity index (χ2v) is 6.22. The van der Waals surface area contributed by atoms with Gasteiger partial charge in [-0.3, -0.25) is 4.99 Å². The van der Waals surface area contributed by atoms with Crippen molar-refractivity contribution in [1.29, 1.82) is 0 Å². The number of hydrogen-bond donors (Lipinski definition) is 2. The van der Waals surface area contributed by atoms with Crippen molar-refractivity contribution in [3.8, 4) is 5.75 Å². The van der Waals surface area contributed by atoms with E-state index in [0.29, 0.717) is 19.8 Å². The Kier molecular flexibility index (Phi) is 7.96. The summed E-state index contributed by atoms with van der Waals surface area (Å²) in [6, 6.07) is 14.7. The molecule has 0 bridgehead atoms. The molecule has 0 fully saturated rings. The van der Waals surface area contributed by atoms with Gasteiger partial charge in [-0.05, 0) is 31.0 Å². The minimum Gasteiger partial charge on any atom is -0.491 e. The molecule has 5 heteroatoms. The molecule has 0 amide bonds. The smallest absolute Gasteiger partial charge is 0.191 e. The first-order chi connectivity index (χ1) is 12.6. The number of nitrogens with one attached hydrogen (secondary N) is 2. The standard InChI is InChI=1S/C21H29N3O2/c1-16-6-5-7-18(12-16)14-23-21(22-3)24-15-19-9-8-17(2)13-20(19)26-11-10-25-4/h5-9,12-13H,10-11,14-15H2,1-4H3,(H2,22,23,24). The fraction of sp³-hybridized carbons (Fsp3) is 0.381. The summed E-state index contributed by atoms with van der Waals surface area (Å²) < 4.78 is 10.9. The highest BCUT2D eigenvalue weighted by molar-refractivity contribution is 5.79. The number of guanidine groups is 1. The van der Waals surface area contributed by atoms with E-state index in [4.69, 9.17) is 9.47 Å². The van der Waals surface area contributed by atoms with Crippen LogP contribution in [-0.4, -0.2) is 33.3 Å². The molecule has 5 nitrogen and oxygen atoms in total. The first kappa shape index (κ1) is 19.8. The van der Waals surface area contributed by atoms with E-state index >= 15 is 0 Å². The molecule has 26 heavy (non-hydrogen) atoms. The van der Waals surface area contributed by atoms with E-state index in [2.05, 4.69) is 71.9 Å². The molecule has 2 rings (SSSR count). The van der Waals surface area contributed by atoms with Crippen molar-refractivity contribution in [2.24, 2.45) is 4.99 Å². The average Bonchev–Trinajstić information content (AvgIpc) is 2.63. The molecule has 0 aromatic heterocycles. The molecule has 2 aromatic carbocycles.